The molecule has 0 aromatic heterocycles. The second-order valence-electron chi connectivity index (χ2n) is 5.13. The molecule has 0 aliphatic carbocycles. The standard InChI is InChI=1S/4C4H11O2PS2.La/c4*1-3-5-7(8,9)6-4-2;/h4*3-4H2,1-2H3,(H,8,9);/p-4. The summed E-state index contributed by atoms with van der Waals surface area (Å²) in [5, 5.41) is 0. The topological polar surface area (TPSA) is 73.8 Å². The van der Waals surface area contributed by atoms with Gasteiger partial charge < -0.3 is 98.0 Å². The molecule has 0 aliphatic heterocycles. The quantitative estimate of drug-likeness (QED) is 0.115. The average Bonchev–Trinajstić information content (AvgIpc) is 2.69. The summed E-state index contributed by atoms with van der Waals surface area (Å²) in [6.45, 7) is 19.2. The summed E-state index contributed by atoms with van der Waals surface area (Å²) in [5.41, 5.74) is 0. The third-order valence-electron chi connectivity index (χ3n) is 2.30. The zero-order valence-corrected chi connectivity index (χ0v) is 36.3. The summed E-state index contributed by atoms with van der Waals surface area (Å²) in [6.07, 6.45) is -9.10. The van der Waals surface area contributed by atoms with Crippen molar-refractivity contribution in [3.63, 3.8) is 0 Å². The van der Waals surface area contributed by atoms with E-state index >= 15 is 0 Å². The third-order valence-corrected chi connectivity index (χ3v) is 12.0. The van der Waals surface area contributed by atoms with Gasteiger partial charge in [0.25, 0.3) is 0 Å². The van der Waals surface area contributed by atoms with Crippen LogP contribution < -0.4 is 0 Å². The molecule has 0 spiro atoms. The Morgan fingerprint density at radius 1 is 0.297 bits per heavy atom. The Balaban J connectivity index is -0.000000122. The minimum Gasteiger partial charge on any atom is -0.516 e. The van der Waals surface area contributed by atoms with Gasteiger partial charge in [0.1, 0.15) is 0 Å². The smallest absolute Gasteiger partial charge is 0.0864 e. The van der Waals surface area contributed by atoms with Crippen LogP contribution in [0.3, 0.4) is 0 Å². The molecule has 0 N–H and O–H groups in total. The molecule has 0 saturated carbocycles. The maximum Gasteiger partial charge on any atom is 0.0864 e. The van der Waals surface area contributed by atoms with Crippen LogP contribution in [0.25, 0.3) is 0 Å². The molecule has 0 bridgehead atoms. The van der Waals surface area contributed by atoms with Crippen LogP contribution in [0.15, 0.2) is 0 Å². The largest absolute Gasteiger partial charge is 0.516 e. The van der Waals surface area contributed by atoms with Gasteiger partial charge >= 0.3 is 0 Å². The summed E-state index contributed by atoms with van der Waals surface area (Å²) in [7, 11) is 0. The van der Waals surface area contributed by atoms with Crippen LogP contribution in [0, 0.1) is 35.6 Å². The molecule has 0 fully saturated rings. The summed E-state index contributed by atoms with van der Waals surface area (Å²) in [5.74, 6) is 0. The maximum atomic E-state index is 4.99. The molecule has 21 heteroatoms. The van der Waals surface area contributed by atoms with E-state index in [2.05, 4.69) is 0 Å². The number of hydrogen-bond acceptors (Lipinski definition) is 16. The van der Waals surface area contributed by atoms with Crippen LogP contribution in [0.2, 0.25) is 0 Å². The van der Waals surface area contributed by atoms with Gasteiger partial charge in [0, 0.05) is 60.1 Å². The Morgan fingerprint density at radius 2 is 0.378 bits per heavy atom. The van der Waals surface area contributed by atoms with E-state index in [1.807, 2.05) is 55.4 Å². The van der Waals surface area contributed by atoms with Gasteiger partial charge in [-0.15, -0.1) is 0 Å². The molecule has 227 valence electrons. The van der Waals surface area contributed by atoms with Crippen molar-refractivity contribution in [1.29, 1.82) is 0 Å². The van der Waals surface area contributed by atoms with Gasteiger partial charge in [0.2, 0.25) is 0 Å². The van der Waals surface area contributed by atoms with Gasteiger partial charge in [0.05, 0.1) is 52.9 Å². The van der Waals surface area contributed by atoms with Crippen molar-refractivity contribution >= 4 is 122 Å². The summed E-state index contributed by atoms with van der Waals surface area (Å²) in [4.78, 5) is 0. The van der Waals surface area contributed by atoms with E-state index in [-0.39, 0.29) is 35.6 Å². The Hall–Kier alpha value is 5.39. The van der Waals surface area contributed by atoms with Crippen molar-refractivity contribution in [3.8, 4) is 0 Å². The molecule has 0 rings (SSSR count). The predicted octanol–water partition coefficient (Wildman–Crippen LogP) is 7.32. The van der Waals surface area contributed by atoms with Gasteiger partial charge in [-0.1, -0.05) is 0 Å². The van der Waals surface area contributed by atoms with Gasteiger partial charge in [-0.2, -0.15) is 0 Å². The SMILES string of the molecule is CCO[P+]([S-])([S-])OCC.CCO[P+]([S-])([S-])OCC.CCO[P+]([S-])([S-])OCC.CCO[P+]([S-])([S-])OCC.[La]. The van der Waals surface area contributed by atoms with Gasteiger partial charge in [0.15, 0.2) is 0 Å². The molecular formula is C16H40LaO8P4S8-4. The first-order chi connectivity index (χ1) is 16.5. The molecule has 37 heavy (non-hydrogen) atoms. The Kier molecular flexibility index (Phi) is 46.0. The van der Waals surface area contributed by atoms with Crippen LogP contribution in [0.1, 0.15) is 55.4 Å². The first-order valence-corrected chi connectivity index (χ1v) is 25.5. The fourth-order valence-electron chi connectivity index (χ4n) is 1.41. The first-order valence-electron chi connectivity index (χ1n) is 10.9. The van der Waals surface area contributed by atoms with E-state index in [0.717, 1.165) is 0 Å². The zero-order chi connectivity index (χ0) is 29.3. The molecule has 0 atom stereocenters. The third kappa shape index (κ3) is 45.9. The van der Waals surface area contributed by atoms with Crippen molar-refractivity contribution in [1.82, 2.24) is 0 Å². The summed E-state index contributed by atoms with van der Waals surface area (Å²) >= 11 is 38.6. The Labute approximate surface area is 299 Å². The van der Waals surface area contributed by atoms with E-state index < -0.39 is 24.5 Å². The minimum absolute atomic E-state index is 0. The zero-order valence-electron chi connectivity index (χ0n) is 22.6. The molecule has 0 heterocycles. The normalized spacial score (nSPS) is 11.7. The van der Waals surface area contributed by atoms with Crippen molar-refractivity contribution in [2.24, 2.45) is 0 Å². The van der Waals surface area contributed by atoms with Crippen LogP contribution >= 0.6 is 24.5 Å². The minimum atomic E-state index is -2.28. The van der Waals surface area contributed by atoms with E-state index in [1.165, 1.54) is 0 Å². The fraction of sp³-hybridized carbons (Fsp3) is 1.00. The van der Waals surface area contributed by atoms with E-state index in [4.69, 9.17) is 134 Å². The van der Waals surface area contributed by atoms with E-state index in [0.29, 0.717) is 52.9 Å². The molecule has 0 unspecified atom stereocenters. The van der Waals surface area contributed by atoms with Gasteiger partial charge in [-0.05, 0) is 55.4 Å². The van der Waals surface area contributed by atoms with Crippen LogP contribution in [0.4, 0.5) is 0 Å². The maximum absolute atomic E-state index is 4.99. The predicted molar refractivity (Wildman–Crippen MR) is 180 cm³/mol. The average molecular weight is 880 g/mol. The van der Waals surface area contributed by atoms with Crippen LogP contribution in [-0.2, 0) is 134 Å². The number of rotatable bonds is 16. The van der Waals surface area contributed by atoms with E-state index in [1.54, 1.807) is 0 Å². The second kappa shape index (κ2) is 32.8. The number of hydrogen-bond donors (Lipinski definition) is 0. The van der Waals surface area contributed by atoms with E-state index in [9.17, 15) is 0 Å². The monoisotopic (exact) mass is 879 g/mol. The van der Waals surface area contributed by atoms with Crippen molar-refractivity contribution in [2.45, 2.75) is 55.4 Å². The molecule has 0 aliphatic rings. The first kappa shape index (κ1) is 51.9. The van der Waals surface area contributed by atoms with Crippen molar-refractivity contribution in [2.75, 3.05) is 52.9 Å². The van der Waals surface area contributed by atoms with Crippen LogP contribution in [-0.4, -0.2) is 52.9 Å². The molecule has 0 aromatic carbocycles. The molecule has 0 saturated heterocycles. The van der Waals surface area contributed by atoms with Crippen LogP contribution in [0.5, 0.6) is 0 Å². The Morgan fingerprint density at radius 3 is 0.432 bits per heavy atom. The van der Waals surface area contributed by atoms with Gasteiger partial charge in [-0.25, -0.2) is 0 Å². The molecule has 8 nitrogen and oxygen atoms in total. The fourth-order valence-corrected chi connectivity index (χ4v) is 9.30. The van der Waals surface area contributed by atoms with Crippen molar-refractivity contribution in [3.05, 3.63) is 0 Å². The molecule has 1 radical (unpaired) electrons. The molecular weight excluding hydrogens is 840 g/mol. The summed E-state index contributed by atoms with van der Waals surface area (Å²) < 4.78 is 39.9. The van der Waals surface area contributed by atoms with Gasteiger partial charge in [-0.3, -0.25) is 36.2 Å². The second-order valence-corrected chi connectivity index (χ2v) is 25.1. The summed E-state index contributed by atoms with van der Waals surface area (Å²) in [6, 6.07) is 0. The van der Waals surface area contributed by atoms with Crippen molar-refractivity contribution < 1.29 is 71.8 Å². The molecule has 0 aromatic rings. The molecule has 0 amide bonds. The Bertz CT molecular complexity index is 371.